The number of nitro groups is 1. The van der Waals surface area contributed by atoms with Gasteiger partial charge in [0.2, 0.25) is 0 Å². The fourth-order valence-corrected chi connectivity index (χ4v) is 3.10. The van der Waals surface area contributed by atoms with E-state index in [1.54, 1.807) is 54.6 Å². The summed E-state index contributed by atoms with van der Waals surface area (Å²) in [6.45, 7) is 0. The highest BCUT2D eigenvalue weighted by Gasteiger charge is 2.19. The lowest BCUT2D eigenvalue weighted by Crippen LogP contribution is -2.23. The third-order valence-corrected chi connectivity index (χ3v) is 4.48. The molecular weight excluding hydrogens is 366 g/mol. The summed E-state index contributed by atoms with van der Waals surface area (Å²) in [5.41, 5.74) is 0.804. The van der Waals surface area contributed by atoms with Gasteiger partial charge in [0, 0.05) is 22.0 Å². The van der Waals surface area contributed by atoms with E-state index in [0.29, 0.717) is 21.5 Å². The van der Waals surface area contributed by atoms with Crippen LogP contribution in [-0.4, -0.2) is 14.7 Å². The van der Waals surface area contributed by atoms with Crippen LogP contribution in [0.15, 0.2) is 77.6 Å². The molecule has 132 valence electrons. The smallest absolute Gasteiger partial charge is 0.267 e. The maximum atomic E-state index is 13.0. The standard InChI is InChI=1S/C20H12ClN3O3/c21-14-11-9-13(10-12-14)19-15-5-1-2-6-16(15)20(25)23(22-19)17-7-3-4-8-18(17)24(26)27/h1-12H. The third-order valence-electron chi connectivity index (χ3n) is 4.23. The average molecular weight is 378 g/mol. The van der Waals surface area contributed by atoms with Crippen molar-refractivity contribution in [1.29, 1.82) is 0 Å². The van der Waals surface area contributed by atoms with E-state index < -0.39 is 10.5 Å². The van der Waals surface area contributed by atoms with Gasteiger partial charge in [-0.3, -0.25) is 14.9 Å². The SMILES string of the molecule is O=c1c2ccccc2c(-c2ccc(Cl)cc2)nn1-c1ccccc1[N+](=O)[O-]. The highest BCUT2D eigenvalue weighted by molar-refractivity contribution is 6.30. The van der Waals surface area contributed by atoms with Crippen LogP contribution in [0.3, 0.4) is 0 Å². The monoisotopic (exact) mass is 377 g/mol. The number of aromatic nitrogens is 2. The molecular formula is C20H12ClN3O3. The lowest BCUT2D eigenvalue weighted by atomic mass is 10.1. The van der Waals surface area contributed by atoms with E-state index in [9.17, 15) is 14.9 Å². The molecule has 4 rings (SSSR count). The van der Waals surface area contributed by atoms with Crippen molar-refractivity contribution in [2.24, 2.45) is 0 Å². The van der Waals surface area contributed by atoms with Crippen LogP contribution in [0.5, 0.6) is 0 Å². The number of benzene rings is 3. The number of fused-ring (bicyclic) bond motifs is 1. The molecule has 0 aliphatic rings. The first-order valence-corrected chi connectivity index (χ1v) is 8.46. The van der Waals surface area contributed by atoms with Crippen molar-refractivity contribution in [3.63, 3.8) is 0 Å². The highest BCUT2D eigenvalue weighted by atomic mass is 35.5. The summed E-state index contributed by atoms with van der Waals surface area (Å²) in [4.78, 5) is 23.9. The molecule has 0 bridgehead atoms. The Morgan fingerprint density at radius 3 is 2.22 bits per heavy atom. The maximum absolute atomic E-state index is 13.0. The van der Waals surface area contributed by atoms with Gasteiger partial charge in [0.05, 0.1) is 16.0 Å². The van der Waals surface area contributed by atoms with Crippen molar-refractivity contribution in [3.8, 4) is 16.9 Å². The van der Waals surface area contributed by atoms with Crippen LogP contribution in [0, 0.1) is 10.1 Å². The van der Waals surface area contributed by atoms with E-state index in [1.807, 2.05) is 6.07 Å². The molecule has 0 saturated carbocycles. The molecule has 0 fully saturated rings. The van der Waals surface area contributed by atoms with Crippen LogP contribution in [0.25, 0.3) is 27.7 Å². The molecule has 1 aromatic heterocycles. The summed E-state index contributed by atoms with van der Waals surface area (Å²) in [7, 11) is 0. The highest BCUT2D eigenvalue weighted by Crippen LogP contribution is 2.28. The quantitative estimate of drug-likeness (QED) is 0.385. The van der Waals surface area contributed by atoms with E-state index >= 15 is 0 Å². The number of hydrogen-bond acceptors (Lipinski definition) is 4. The first-order valence-electron chi connectivity index (χ1n) is 8.08. The second-order valence-corrected chi connectivity index (χ2v) is 6.30. The largest absolute Gasteiger partial charge is 0.295 e. The number of halogens is 1. The van der Waals surface area contributed by atoms with Gasteiger partial charge in [0.1, 0.15) is 5.69 Å². The fraction of sp³-hybridized carbons (Fsp3) is 0. The van der Waals surface area contributed by atoms with Crippen molar-refractivity contribution in [1.82, 2.24) is 9.78 Å². The van der Waals surface area contributed by atoms with E-state index in [1.165, 1.54) is 12.1 Å². The van der Waals surface area contributed by atoms with Crippen LogP contribution in [0.1, 0.15) is 0 Å². The van der Waals surface area contributed by atoms with E-state index in [-0.39, 0.29) is 11.4 Å². The lowest BCUT2D eigenvalue weighted by Gasteiger charge is -2.11. The molecule has 27 heavy (non-hydrogen) atoms. The second-order valence-electron chi connectivity index (χ2n) is 5.86. The summed E-state index contributed by atoms with van der Waals surface area (Å²) in [6.07, 6.45) is 0. The minimum absolute atomic E-state index is 0.119. The zero-order valence-electron chi connectivity index (χ0n) is 13.9. The number of nitrogens with zero attached hydrogens (tertiary/aromatic N) is 3. The molecule has 0 radical (unpaired) electrons. The predicted octanol–water partition coefficient (Wildman–Crippen LogP) is 4.61. The molecule has 1 heterocycles. The van der Waals surface area contributed by atoms with Crippen LogP contribution >= 0.6 is 11.6 Å². The molecule has 0 saturated heterocycles. The molecule has 0 aliphatic heterocycles. The Hall–Kier alpha value is -3.51. The van der Waals surface area contributed by atoms with Gasteiger partial charge in [-0.15, -0.1) is 0 Å². The van der Waals surface area contributed by atoms with Gasteiger partial charge in [-0.2, -0.15) is 9.78 Å². The summed E-state index contributed by atoms with van der Waals surface area (Å²) < 4.78 is 1.09. The molecule has 0 unspecified atom stereocenters. The van der Waals surface area contributed by atoms with Gasteiger partial charge < -0.3 is 0 Å². The van der Waals surface area contributed by atoms with Crippen molar-refractivity contribution in [3.05, 3.63) is 98.3 Å². The van der Waals surface area contributed by atoms with Crippen LogP contribution in [0.2, 0.25) is 5.02 Å². The fourth-order valence-electron chi connectivity index (χ4n) is 2.97. The Kier molecular flexibility index (Phi) is 4.18. The van der Waals surface area contributed by atoms with Gasteiger partial charge >= 0.3 is 0 Å². The van der Waals surface area contributed by atoms with Crippen molar-refractivity contribution in [2.45, 2.75) is 0 Å². The number of para-hydroxylation sites is 2. The first-order chi connectivity index (χ1) is 13.1. The van der Waals surface area contributed by atoms with E-state index in [4.69, 9.17) is 11.6 Å². The summed E-state index contributed by atoms with van der Waals surface area (Å²) in [5.74, 6) is 0. The van der Waals surface area contributed by atoms with E-state index in [2.05, 4.69) is 5.10 Å². The summed E-state index contributed by atoms with van der Waals surface area (Å²) >= 11 is 5.97. The minimum Gasteiger partial charge on any atom is -0.267 e. The van der Waals surface area contributed by atoms with E-state index in [0.717, 1.165) is 10.2 Å². The van der Waals surface area contributed by atoms with Crippen LogP contribution < -0.4 is 5.56 Å². The maximum Gasteiger partial charge on any atom is 0.295 e. The average Bonchev–Trinajstić information content (AvgIpc) is 2.69. The molecule has 0 aliphatic carbocycles. The third kappa shape index (κ3) is 2.96. The lowest BCUT2D eigenvalue weighted by molar-refractivity contribution is -0.384. The van der Waals surface area contributed by atoms with Crippen molar-refractivity contribution >= 4 is 28.1 Å². The second kappa shape index (κ2) is 6.66. The van der Waals surface area contributed by atoms with Gasteiger partial charge in [-0.05, 0) is 24.3 Å². The Bertz CT molecular complexity index is 1230. The van der Waals surface area contributed by atoms with Gasteiger partial charge in [-0.1, -0.05) is 54.1 Å². The van der Waals surface area contributed by atoms with Crippen molar-refractivity contribution in [2.75, 3.05) is 0 Å². The topological polar surface area (TPSA) is 78.0 Å². The predicted molar refractivity (Wildman–Crippen MR) is 104 cm³/mol. The zero-order chi connectivity index (χ0) is 19.0. The minimum atomic E-state index is -0.527. The van der Waals surface area contributed by atoms with Crippen LogP contribution in [-0.2, 0) is 0 Å². The molecule has 0 spiro atoms. The molecule has 7 heteroatoms. The molecule has 6 nitrogen and oxygen atoms in total. The molecule has 3 aromatic carbocycles. The number of hydrogen-bond donors (Lipinski definition) is 0. The Morgan fingerprint density at radius 1 is 0.889 bits per heavy atom. The normalized spacial score (nSPS) is 10.9. The summed E-state index contributed by atoms with van der Waals surface area (Å²) in [5, 5.41) is 17.6. The summed E-state index contributed by atoms with van der Waals surface area (Å²) in [6, 6.07) is 20.1. The number of nitro benzene ring substituents is 1. The van der Waals surface area contributed by atoms with Gasteiger partial charge in [0.15, 0.2) is 0 Å². The van der Waals surface area contributed by atoms with Gasteiger partial charge in [0.25, 0.3) is 11.2 Å². The Balaban J connectivity index is 2.09. The van der Waals surface area contributed by atoms with Crippen LogP contribution in [0.4, 0.5) is 5.69 Å². The number of rotatable bonds is 3. The molecule has 0 amide bonds. The molecule has 0 N–H and O–H groups in total. The first kappa shape index (κ1) is 16.9. The van der Waals surface area contributed by atoms with Crippen molar-refractivity contribution < 1.29 is 4.92 Å². The molecule has 4 aromatic rings. The van der Waals surface area contributed by atoms with Gasteiger partial charge in [-0.25, -0.2) is 0 Å². The Labute approximate surface area is 158 Å². The zero-order valence-corrected chi connectivity index (χ0v) is 14.6. The Morgan fingerprint density at radius 2 is 1.52 bits per heavy atom. The molecule has 0 atom stereocenters.